The minimum Gasteiger partial charge on any atom is -0.408 e. The molecule has 4 aromatic rings. The minimum atomic E-state index is -0.878. The topological polar surface area (TPSA) is 72.4 Å². The largest absolute Gasteiger partial charge is 0.420 e. The number of carbonyl (C=O) groups is 1. The molecule has 1 aromatic heterocycles. The SMILES string of the molecule is O=C(c1ccc(Cl)cc1)c1ccc2c(c1)oc(=O)n2CC(O)c1ccc(Br)cc1. The molecule has 4 rings (SSSR count). The zero-order valence-corrected chi connectivity index (χ0v) is 17.4. The van der Waals surface area contributed by atoms with E-state index in [4.69, 9.17) is 16.0 Å². The average molecular weight is 473 g/mol. The van der Waals surface area contributed by atoms with Crippen LogP contribution in [0.3, 0.4) is 0 Å². The molecule has 1 unspecified atom stereocenters. The first-order valence-electron chi connectivity index (χ1n) is 8.79. The number of carbonyl (C=O) groups excluding carboxylic acids is 1. The van der Waals surface area contributed by atoms with Crippen LogP contribution >= 0.6 is 27.5 Å². The van der Waals surface area contributed by atoms with Crippen molar-refractivity contribution < 1.29 is 14.3 Å². The number of hydrogen-bond acceptors (Lipinski definition) is 4. The van der Waals surface area contributed by atoms with Crippen molar-refractivity contribution in [1.29, 1.82) is 0 Å². The lowest BCUT2D eigenvalue weighted by molar-refractivity contribution is 0.103. The molecule has 1 heterocycles. The predicted octanol–water partition coefficient (Wildman–Crippen LogP) is 4.98. The lowest BCUT2D eigenvalue weighted by atomic mass is 10.0. The van der Waals surface area contributed by atoms with Crippen LogP contribution in [0.4, 0.5) is 0 Å². The number of ketones is 1. The zero-order valence-electron chi connectivity index (χ0n) is 15.0. The highest BCUT2D eigenvalue weighted by Crippen LogP contribution is 2.22. The van der Waals surface area contributed by atoms with Crippen molar-refractivity contribution >= 4 is 44.4 Å². The zero-order chi connectivity index (χ0) is 20.5. The van der Waals surface area contributed by atoms with Gasteiger partial charge >= 0.3 is 5.76 Å². The van der Waals surface area contributed by atoms with Crippen molar-refractivity contribution in [3.8, 4) is 0 Å². The fourth-order valence-electron chi connectivity index (χ4n) is 3.11. The van der Waals surface area contributed by atoms with Crippen LogP contribution < -0.4 is 5.76 Å². The van der Waals surface area contributed by atoms with Crippen LogP contribution in [0.2, 0.25) is 5.02 Å². The Balaban J connectivity index is 1.64. The Labute approximate surface area is 179 Å². The van der Waals surface area contributed by atoms with E-state index in [0.29, 0.717) is 27.2 Å². The molecule has 7 heteroatoms. The number of hydrogen-bond donors (Lipinski definition) is 1. The van der Waals surface area contributed by atoms with Gasteiger partial charge in [0.25, 0.3) is 0 Å². The number of oxazole rings is 1. The monoisotopic (exact) mass is 471 g/mol. The molecular weight excluding hydrogens is 458 g/mol. The van der Waals surface area contributed by atoms with Crippen LogP contribution in [0.5, 0.6) is 0 Å². The van der Waals surface area contributed by atoms with Crippen molar-refractivity contribution in [2.24, 2.45) is 0 Å². The van der Waals surface area contributed by atoms with Crippen molar-refractivity contribution in [3.05, 3.63) is 103 Å². The van der Waals surface area contributed by atoms with E-state index in [9.17, 15) is 14.7 Å². The van der Waals surface area contributed by atoms with Gasteiger partial charge < -0.3 is 9.52 Å². The second kappa shape index (κ2) is 7.99. The van der Waals surface area contributed by atoms with E-state index in [0.717, 1.165) is 4.47 Å². The van der Waals surface area contributed by atoms with Crippen LogP contribution in [0.25, 0.3) is 11.1 Å². The molecule has 0 bridgehead atoms. The summed E-state index contributed by atoms with van der Waals surface area (Å²) in [6, 6.07) is 18.6. The molecule has 0 fully saturated rings. The van der Waals surface area contributed by atoms with Gasteiger partial charge in [-0.3, -0.25) is 9.36 Å². The minimum absolute atomic E-state index is 0.0396. The third kappa shape index (κ3) is 4.05. The van der Waals surface area contributed by atoms with Gasteiger partial charge in [-0.25, -0.2) is 4.79 Å². The molecule has 0 amide bonds. The third-order valence-electron chi connectivity index (χ3n) is 4.65. The fourth-order valence-corrected chi connectivity index (χ4v) is 3.50. The first kappa shape index (κ1) is 19.6. The summed E-state index contributed by atoms with van der Waals surface area (Å²) in [6.07, 6.45) is -0.878. The van der Waals surface area contributed by atoms with Crippen LogP contribution in [-0.2, 0) is 6.54 Å². The van der Waals surface area contributed by atoms with Gasteiger partial charge in [0.1, 0.15) is 0 Å². The molecule has 5 nitrogen and oxygen atoms in total. The first-order valence-corrected chi connectivity index (χ1v) is 9.96. The van der Waals surface area contributed by atoms with Gasteiger partial charge in [-0.05, 0) is 60.2 Å². The molecule has 3 aromatic carbocycles. The normalized spacial score (nSPS) is 12.2. The Morgan fingerprint density at radius 2 is 1.69 bits per heavy atom. The molecule has 1 atom stereocenters. The molecular formula is C22H15BrClNO4. The van der Waals surface area contributed by atoms with Gasteiger partial charge in [-0.1, -0.05) is 39.7 Å². The van der Waals surface area contributed by atoms with Crippen LogP contribution in [0.1, 0.15) is 27.6 Å². The number of rotatable bonds is 5. The number of aliphatic hydroxyl groups excluding tert-OH is 1. The Morgan fingerprint density at radius 3 is 2.38 bits per heavy atom. The Kier molecular flexibility index (Phi) is 5.41. The maximum atomic E-state index is 12.7. The van der Waals surface area contributed by atoms with Crippen molar-refractivity contribution in [3.63, 3.8) is 0 Å². The van der Waals surface area contributed by atoms with Gasteiger partial charge in [-0.15, -0.1) is 0 Å². The Hall–Kier alpha value is -2.67. The van der Waals surface area contributed by atoms with E-state index in [1.54, 1.807) is 48.5 Å². The van der Waals surface area contributed by atoms with E-state index >= 15 is 0 Å². The molecule has 0 saturated heterocycles. The van der Waals surface area contributed by atoms with Gasteiger partial charge in [0.2, 0.25) is 0 Å². The second-order valence-electron chi connectivity index (χ2n) is 6.56. The third-order valence-corrected chi connectivity index (χ3v) is 5.43. The summed E-state index contributed by atoms with van der Waals surface area (Å²) in [6.45, 7) is 0.0396. The maximum Gasteiger partial charge on any atom is 0.420 e. The summed E-state index contributed by atoms with van der Waals surface area (Å²) in [7, 11) is 0. The maximum absolute atomic E-state index is 12.7. The number of aromatic nitrogens is 1. The summed E-state index contributed by atoms with van der Waals surface area (Å²) < 4.78 is 7.58. The second-order valence-corrected chi connectivity index (χ2v) is 7.92. The molecule has 1 N–H and O–H groups in total. The van der Waals surface area contributed by atoms with Gasteiger partial charge in [0, 0.05) is 20.6 Å². The quantitative estimate of drug-likeness (QED) is 0.416. The van der Waals surface area contributed by atoms with Crippen molar-refractivity contribution in [2.45, 2.75) is 12.6 Å². The lowest BCUT2D eigenvalue weighted by Gasteiger charge is -2.11. The number of nitrogens with zero attached hydrogens (tertiary/aromatic N) is 1. The number of aliphatic hydroxyl groups is 1. The first-order chi connectivity index (χ1) is 13.9. The summed E-state index contributed by atoms with van der Waals surface area (Å²) in [4.78, 5) is 25.0. The number of fused-ring (bicyclic) bond motifs is 1. The highest BCUT2D eigenvalue weighted by atomic mass is 79.9. The highest BCUT2D eigenvalue weighted by molar-refractivity contribution is 9.10. The standard InChI is InChI=1S/C22H15BrClNO4/c23-16-6-1-13(2-7-16)19(26)12-25-18-10-5-15(11-20(18)29-22(25)28)21(27)14-3-8-17(24)9-4-14/h1-11,19,26H,12H2. The van der Waals surface area contributed by atoms with Gasteiger partial charge in [-0.2, -0.15) is 0 Å². The van der Waals surface area contributed by atoms with E-state index < -0.39 is 11.9 Å². The van der Waals surface area contributed by atoms with E-state index in [2.05, 4.69) is 15.9 Å². The Bertz CT molecular complexity index is 1240. The Morgan fingerprint density at radius 1 is 1.03 bits per heavy atom. The molecule has 0 aliphatic rings. The molecule has 0 saturated carbocycles. The molecule has 0 radical (unpaired) electrons. The van der Waals surface area contributed by atoms with Crippen LogP contribution in [-0.4, -0.2) is 15.5 Å². The molecule has 146 valence electrons. The lowest BCUT2D eigenvalue weighted by Crippen LogP contribution is -2.18. The predicted molar refractivity (Wildman–Crippen MR) is 114 cm³/mol. The molecule has 0 aliphatic carbocycles. The number of halogens is 2. The van der Waals surface area contributed by atoms with E-state index in [1.807, 2.05) is 12.1 Å². The highest BCUT2D eigenvalue weighted by Gasteiger charge is 2.17. The summed E-state index contributed by atoms with van der Waals surface area (Å²) in [5, 5.41) is 11.0. The average Bonchev–Trinajstić information content (AvgIpc) is 3.03. The van der Waals surface area contributed by atoms with E-state index in [1.165, 1.54) is 10.6 Å². The fraction of sp³-hybridized carbons (Fsp3) is 0.0909. The molecule has 29 heavy (non-hydrogen) atoms. The number of benzene rings is 3. The summed E-state index contributed by atoms with van der Waals surface area (Å²) in [5.74, 6) is -0.791. The van der Waals surface area contributed by atoms with Crippen LogP contribution in [0, 0.1) is 0 Å². The summed E-state index contributed by atoms with van der Waals surface area (Å²) >= 11 is 9.22. The molecule has 0 spiro atoms. The van der Waals surface area contributed by atoms with E-state index in [-0.39, 0.29) is 17.9 Å². The smallest absolute Gasteiger partial charge is 0.408 e. The van der Waals surface area contributed by atoms with Crippen molar-refractivity contribution in [2.75, 3.05) is 0 Å². The van der Waals surface area contributed by atoms with Crippen molar-refractivity contribution in [1.82, 2.24) is 4.57 Å². The molecule has 0 aliphatic heterocycles. The van der Waals surface area contributed by atoms with Gasteiger partial charge in [0.15, 0.2) is 11.4 Å². The van der Waals surface area contributed by atoms with Gasteiger partial charge in [0.05, 0.1) is 18.2 Å². The van der Waals surface area contributed by atoms with Crippen LogP contribution in [0.15, 0.2) is 80.4 Å². The summed E-state index contributed by atoms with van der Waals surface area (Å²) in [5.41, 5.74) is 2.37.